The summed E-state index contributed by atoms with van der Waals surface area (Å²) < 4.78 is 10.3. The molecule has 9 heteroatoms. The van der Waals surface area contributed by atoms with Crippen LogP contribution in [0.1, 0.15) is 0 Å². The van der Waals surface area contributed by atoms with E-state index in [1.807, 2.05) is 0 Å². The molecule has 0 saturated carbocycles. The first kappa shape index (κ1) is 17.9. The van der Waals surface area contributed by atoms with Crippen LogP contribution in [0.4, 0.5) is 0 Å². The normalized spacial score (nSPS) is 10.0. The molecule has 15 heavy (non-hydrogen) atoms. The van der Waals surface area contributed by atoms with Crippen molar-refractivity contribution in [2.75, 3.05) is 0 Å². The van der Waals surface area contributed by atoms with Crippen molar-refractivity contribution in [1.29, 1.82) is 0 Å². The topological polar surface area (TPSA) is 130 Å². The van der Waals surface area contributed by atoms with Crippen LogP contribution in [-0.4, -0.2) is 4.89 Å². The Hall–Kier alpha value is 0.563. The third kappa shape index (κ3) is 10.8. The first-order chi connectivity index (χ1) is 6.34. The molecule has 0 aromatic heterocycles. The second-order valence-corrected chi connectivity index (χ2v) is 4.06. The minimum atomic E-state index is -4.52. The molecular formula is C6H6O6P2Zr. The van der Waals surface area contributed by atoms with Crippen LogP contribution in [0.2, 0.25) is 0 Å². The molecule has 0 unspecified atom stereocenters. The van der Waals surface area contributed by atoms with Crippen molar-refractivity contribution in [2.45, 2.75) is 0 Å². The van der Waals surface area contributed by atoms with E-state index in [0.29, 0.717) is 0 Å². The molecule has 0 aliphatic rings. The Balaban J connectivity index is 0. The van der Waals surface area contributed by atoms with E-state index >= 15 is 0 Å². The standard InChI is InChI=1S/C6H7O3P.HO3P.Zr/c7-10(8,9)6-4-2-1-3-5-6;1-4(2)3;/h1-5H,(H2,7,8,9);1H;/q;-2;+4/p-2. The molecule has 1 aromatic carbocycles. The Morgan fingerprint density at radius 1 is 1.13 bits per heavy atom. The first-order valence-corrected chi connectivity index (χ1v) is 5.92. The van der Waals surface area contributed by atoms with E-state index in [9.17, 15) is 14.4 Å². The van der Waals surface area contributed by atoms with Gasteiger partial charge in [-0.1, -0.05) is 30.3 Å². The molecule has 0 fully saturated rings. The van der Waals surface area contributed by atoms with Gasteiger partial charge in [0.25, 0.3) is 0 Å². The predicted molar refractivity (Wildman–Crippen MR) is 42.8 cm³/mol. The first-order valence-electron chi connectivity index (χ1n) is 3.25. The summed E-state index contributed by atoms with van der Waals surface area (Å²) >= 11 is 0. The van der Waals surface area contributed by atoms with Crippen LogP contribution in [0.5, 0.6) is 0 Å². The molecule has 0 aliphatic carbocycles. The zero-order valence-corrected chi connectivity index (χ0v) is 11.5. The van der Waals surface area contributed by atoms with Crippen LogP contribution in [0.15, 0.2) is 30.3 Å². The third-order valence-electron chi connectivity index (χ3n) is 1.07. The van der Waals surface area contributed by atoms with E-state index in [1.165, 1.54) is 24.3 Å². The Bertz CT molecular complexity index is 297. The van der Waals surface area contributed by atoms with Gasteiger partial charge >= 0.3 is 26.2 Å². The molecule has 1 N–H and O–H groups in total. The van der Waals surface area contributed by atoms with Gasteiger partial charge in [0.15, 0.2) is 0 Å². The molecule has 0 aliphatic heterocycles. The van der Waals surface area contributed by atoms with Crippen molar-refractivity contribution >= 4 is 21.5 Å². The van der Waals surface area contributed by atoms with E-state index < -0.39 is 16.2 Å². The summed E-state index contributed by atoms with van der Waals surface area (Å²) in [7, 11) is -7.64. The third-order valence-corrected chi connectivity index (χ3v) is 2.00. The SMILES string of the molecule is O=P([O-])([O-])c1ccccc1.[O-]P([O-])O.[Zr+4]. The Labute approximate surface area is 107 Å². The van der Waals surface area contributed by atoms with Gasteiger partial charge < -0.3 is 29.0 Å². The van der Waals surface area contributed by atoms with E-state index in [2.05, 4.69) is 0 Å². The molecule has 6 nitrogen and oxygen atoms in total. The van der Waals surface area contributed by atoms with Crippen LogP contribution < -0.4 is 24.9 Å². The quantitative estimate of drug-likeness (QED) is 0.553. The number of rotatable bonds is 1. The summed E-state index contributed by atoms with van der Waals surface area (Å²) in [5.41, 5.74) is 0. The molecule has 1 aromatic rings. The van der Waals surface area contributed by atoms with Gasteiger partial charge in [0.05, 0.1) is 0 Å². The average Bonchev–Trinajstić information content (AvgIpc) is 2.03. The van der Waals surface area contributed by atoms with Crippen LogP contribution >= 0.6 is 16.2 Å². The summed E-state index contributed by atoms with van der Waals surface area (Å²) in [6, 6.07) is 7.23. The van der Waals surface area contributed by atoms with Crippen molar-refractivity contribution in [1.82, 2.24) is 0 Å². The van der Waals surface area contributed by atoms with Gasteiger partial charge in [-0.2, -0.15) is 8.60 Å². The van der Waals surface area contributed by atoms with Gasteiger partial charge in [0.1, 0.15) is 0 Å². The molecule has 0 amide bonds. The van der Waals surface area contributed by atoms with Crippen molar-refractivity contribution in [3.63, 3.8) is 0 Å². The van der Waals surface area contributed by atoms with Gasteiger partial charge in [0.2, 0.25) is 0 Å². The number of benzene rings is 1. The zero-order chi connectivity index (χ0) is 11.2. The van der Waals surface area contributed by atoms with E-state index in [-0.39, 0.29) is 31.5 Å². The van der Waals surface area contributed by atoms with Crippen LogP contribution in [0, 0.1) is 0 Å². The Kier molecular flexibility index (Phi) is 10.4. The smallest absolute Gasteiger partial charge is 0.820 e. The molecule has 0 radical (unpaired) electrons. The molecule has 0 spiro atoms. The van der Waals surface area contributed by atoms with Crippen molar-refractivity contribution in [2.24, 2.45) is 0 Å². The molecule has 0 bridgehead atoms. The number of hydrogen-bond donors (Lipinski definition) is 1. The summed E-state index contributed by atoms with van der Waals surface area (Å²) in [6.45, 7) is 0. The van der Waals surface area contributed by atoms with Crippen LogP contribution in [0.3, 0.4) is 0 Å². The predicted octanol–water partition coefficient (Wildman–Crippen LogP) is -2.85. The molecule has 80 valence electrons. The maximum atomic E-state index is 10.3. The van der Waals surface area contributed by atoms with Gasteiger partial charge in [0, 0.05) is 0 Å². The summed E-state index contributed by atoms with van der Waals surface area (Å²) in [5, 5.41) is -0.157. The van der Waals surface area contributed by atoms with E-state index in [4.69, 9.17) is 14.7 Å². The van der Waals surface area contributed by atoms with Crippen LogP contribution in [-0.2, 0) is 30.8 Å². The van der Waals surface area contributed by atoms with Crippen LogP contribution in [0.25, 0.3) is 0 Å². The van der Waals surface area contributed by atoms with Crippen molar-refractivity contribution < 1.29 is 55.2 Å². The molecule has 0 heterocycles. The number of hydrogen-bond acceptors (Lipinski definition) is 6. The largest absolute Gasteiger partial charge is 4.00 e. The maximum Gasteiger partial charge on any atom is 4.00 e. The summed E-state index contributed by atoms with van der Waals surface area (Å²) in [5.74, 6) is 0. The van der Waals surface area contributed by atoms with Gasteiger partial charge in [-0.05, 0) is 12.9 Å². The zero-order valence-electron chi connectivity index (χ0n) is 7.27. The Morgan fingerprint density at radius 2 is 1.47 bits per heavy atom. The molecule has 0 atom stereocenters. The average molecular weight is 327 g/mol. The van der Waals surface area contributed by atoms with Gasteiger partial charge in [-0.3, -0.25) is 0 Å². The molecular weight excluding hydrogens is 321 g/mol. The summed E-state index contributed by atoms with van der Waals surface area (Å²) in [6.07, 6.45) is 0. The summed E-state index contributed by atoms with van der Waals surface area (Å²) in [4.78, 5) is 44.8. The van der Waals surface area contributed by atoms with Gasteiger partial charge in [-0.15, -0.1) is 0 Å². The van der Waals surface area contributed by atoms with E-state index in [1.54, 1.807) is 6.07 Å². The molecule has 1 rings (SSSR count). The van der Waals surface area contributed by atoms with Crippen molar-refractivity contribution in [3.05, 3.63) is 30.3 Å². The van der Waals surface area contributed by atoms with Crippen molar-refractivity contribution in [3.8, 4) is 0 Å². The minimum absolute atomic E-state index is 0. The minimum Gasteiger partial charge on any atom is -0.820 e. The monoisotopic (exact) mass is 326 g/mol. The fourth-order valence-corrected chi connectivity index (χ4v) is 1.15. The maximum absolute atomic E-state index is 10.3. The second kappa shape index (κ2) is 8.69. The second-order valence-electron chi connectivity index (χ2n) is 2.07. The van der Waals surface area contributed by atoms with E-state index in [0.717, 1.165) is 0 Å². The Morgan fingerprint density at radius 3 is 1.67 bits per heavy atom. The fourth-order valence-electron chi connectivity index (χ4n) is 0.611. The van der Waals surface area contributed by atoms with Gasteiger partial charge in [-0.25, -0.2) is 0 Å². The fraction of sp³-hybridized carbons (Fsp3) is 0. The molecule has 0 saturated heterocycles.